The number of hydrogen-bond donors (Lipinski definition) is 2. The van der Waals surface area contributed by atoms with Gasteiger partial charge in [-0.3, -0.25) is 0 Å². The third-order valence-electron chi connectivity index (χ3n) is 3.80. The van der Waals surface area contributed by atoms with Crippen LogP contribution >= 0.6 is 0 Å². The van der Waals surface area contributed by atoms with Crippen LogP contribution in [0.4, 0.5) is 10.5 Å². The molecule has 21 heavy (non-hydrogen) atoms. The van der Waals surface area contributed by atoms with Crippen LogP contribution in [0, 0.1) is 0 Å². The second kappa shape index (κ2) is 5.44. The molecule has 1 heterocycles. The molecular formula is C16H16N2O3. The van der Waals surface area contributed by atoms with Crippen molar-refractivity contribution in [2.45, 2.75) is 18.9 Å². The van der Waals surface area contributed by atoms with Gasteiger partial charge in [-0.2, -0.15) is 0 Å². The van der Waals surface area contributed by atoms with E-state index in [9.17, 15) is 9.59 Å². The molecule has 2 aromatic rings. The van der Waals surface area contributed by atoms with Crippen LogP contribution in [-0.2, 0) is 4.79 Å². The molecule has 108 valence electrons. The number of carboxylic acid groups (broad SMARTS) is 1. The zero-order valence-electron chi connectivity index (χ0n) is 11.5. The van der Waals surface area contributed by atoms with Gasteiger partial charge in [0.15, 0.2) is 0 Å². The fraction of sp³-hybridized carbons (Fsp3) is 0.250. The third-order valence-corrected chi connectivity index (χ3v) is 3.80. The summed E-state index contributed by atoms with van der Waals surface area (Å²) in [6, 6.07) is 12.5. The minimum Gasteiger partial charge on any atom is -0.480 e. The van der Waals surface area contributed by atoms with Crippen LogP contribution in [0.15, 0.2) is 42.5 Å². The Morgan fingerprint density at radius 3 is 2.67 bits per heavy atom. The van der Waals surface area contributed by atoms with E-state index in [1.165, 1.54) is 4.90 Å². The van der Waals surface area contributed by atoms with Crippen molar-refractivity contribution in [1.29, 1.82) is 0 Å². The summed E-state index contributed by atoms with van der Waals surface area (Å²) in [6.45, 7) is 0.483. The van der Waals surface area contributed by atoms with Gasteiger partial charge in [0, 0.05) is 12.2 Å². The largest absolute Gasteiger partial charge is 0.480 e. The average Bonchev–Trinajstić information content (AvgIpc) is 2.97. The lowest BCUT2D eigenvalue weighted by molar-refractivity contribution is -0.141. The van der Waals surface area contributed by atoms with Crippen molar-refractivity contribution in [2.75, 3.05) is 11.9 Å². The van der Waals surface area contributed by atoms with Gasteiger partial charge in [0.05, 0.1) is 0 Å². The summed E-state index contributed by atoms with van der Waals surface area (Å²) in [4.78, 5) is 24.7. The summed E-state index contributed by atoms with van der Waals surface area (Å²) in [5.74, 6) is -0.943. The summed E-state index contributed by atoms with van der Waals surface area (Å²) < 4.78 is 0. The highest BCUT2D eigenvalue weighted by molar-refractivity contribution is 5.95. The minimum absolute atomic E-state index is 0.352. The van der Waals surface area contributed by atoms with Gasteiger partial charge in [-0.25, -0.2) is 9.59 Å². The van der Waals surface area contributed by atoms with Gasteiger partial charge < -0.3 is 15.3 Å². The van der Waals surface area contributed by atoms with Crippen molar-refractivity contribution in [3.8, 4) is 0 Å². The number of carboxylic acids is 1. The molecule has 0 saturated carbocycles. The summed E-state index contributed by atoms with van der Waals surface area (Å²) in [5.41, 5.74) is 0.676. The minimum atomic E-state index is -0.943. The molecule has 0 radical (unpaired) electrons. The van der Waals surface area contributed by atoms with Crippen molar-refractivity contribution in [3.05, 3.63) is 42.5 Å². The maximum Gasteiger partial charge on any atom is 0.326 e. The Balaban J connectivity index is 1.78. The van der Waals surface area contributed by atoms with E-state index in [-0.39, 0.29) is 6.03 Å². The molecule has 0 bridgehead atoms. The van der Waals surface area contributed by atoms with E-state index in [0.717, 1.165) is 17.2 Å². The first-order valence-corrected chi connectivity index (χ1v) is 6.94. The molecule has 1 saturated heterocycles. The topological polar surface area (TPSA) is 69.6 Å². The summed E-state index contributed by atoms with van der Waals surface area (Å²) in [6.07, 6.45) is 1.24. The van der Waals surface area contributed by atoms with E-state index in [1.807, 2.05) is 42.5 Å². The molecule has 1 aliphatic heterocycles. The number of likely N-dealkylation sites (tertiary alicyclic amines) is 1. The molecule has 5 heteroatoms. The zero-order valence-corrected chi connectivity index (χ0v) is 11.5. The van der Waals surface area contributed by atoms with Crippen molar-refractivity contribution >= 4 is 28.5 Å². The second-order valence-electron chi connectivity index (χ2n) is 5.18. The van der Waals surface area contributed by atoms with E-state index >= 15 is 0 Å². The van der Waals surface area contributed by atoms with Crippen LogP contribution in [-0.4, -0.2) is 34.6 Å². The highest BCUT2D eigenvalue weighted by atomic mass is 16.4. The van der Waals surface area contributed by atoms with E-state index < -0.39 is 12.0 Å². The number of hydrogen-bond acceptors (Lipinski definition) is 2. The van der Waals surface area contributed by atoms with E-state index in [1.54, 1.807) is 0 Å². The molecule has 5 nitrogen and oxygen atoms in total. The molecular weight excluding hydrogens is 268 g/mol. The molecule has 2 N–H and O–H groups in total. The quantitative estimate of drug-likeness (QED) is 0.890. The highest BCUT2D eigenvalue weighted by Gasteiger charge is 2.33. The van der Waals surface area contributed by atoms with Gasteiger partial charge >= 0.3 is 12.0 Å². The number of nitrogens with zero attached hydrogens (tertiary/aromatic N) is 1. The number of anilines is 1. The lowest BCUT2D eigenvalue weighted by atomic mass is 10.1. The second-order valence-corrected chi connectivity index (χ2v) is 5.18. The number of benzene rings is 2. The Labute approximate surface area is 122 Å². The fourth-order valence-electron chi connectivity index (χ4n) is 2.73. The molecule has 1 atom stereocenters. The third kappa shape index (κ3) is 2.67. The summed E-state index contributed by atoms with van der Waals surface area (Å²) in [5, 5.41) is 14.0. The maximum atomic E-state index is 12.2. The number of amides is 2. The summed E-state index contributed by atoms with van der Waals surface area (Å²) >= 11 is 0. The number of fused-ring (bicyclic) bond motifs is 1. The van der Waals surface area contributed by atoms with Crippen molar-refractivity contribution in [3.63, 3.8) is 0 Å². The average molecular weight is 284 g/mol. The monoisotopic (exact) mass is 284 g/mol. The molecule has 0 spiro atoms. The number of urea groups is 1. The number of carbonyl (C=O) groups excluding carboxylic acids is 1. The van der Waals surface area contributed by atoms with Gasteiger partial charge in [-0.15, -0.1) is 0 Å². The normalized spacial score (nSPS) is 17.9. The van der Waals surface area contributed by atoms with Crippen LogP contribution in [0.1, 0.15) is 12.8 Å². The highest BCUT2D eigenvalue weighted by Crippen LogP contribution is 2.22. The predicted molar refractivity (Wildman–Crippen MR) is 80.3 cm³/mol. The Kier molecular flexibility index (Phi) is 3.48. The first kappa shape index (κ1) is 13.4. The molecule has 2 amide bonds. The maximum absolute atomic E-state index is 12.2. The van der Waals surface area contributed by atoms with E-state index in [4.69, 9.17) is 5.11 Å². The van der Waals surface area contributed by atoms with E-state index in [0.29, 0.717) is 18.7 Å². The Bertz CT molecular complexity index is 699. The Hall–Kier alpha value is -2.56. The van der Waals surface area contributed by atoms with Crippen LogP contribution in [0.2, 0.25) is 0 Å². The molecule has 2 aromatic carbocycles. The Morgan fingerprint density at radius 2 is 1.90 bits per heavy atom. The van der Waals surface area contributed by atoms with Gasteiger partial charge in [0.25, 0.3) is 0 Å². The number of nitrogens with one attached hydrogen (secondary N) is 1. The van der Waals surface area contributed by atoms with Gasteiger partial charge in [0.2, 0.25) is 0 Å². The first-order chi connectivity index (χ1) is 10.1. The van der Waals surface area contributed by atoms with Crippen LogP contribution in [0.3, 0.4) is 0 Å². The van der Waals surface area contributed by atoms with Crippen molar-refractivity contribution in [1.82, 2.24) is 4.90 Å². The van der Waals surface area contributed by atoms with E-state index in [2.05, 4.69) is 5.32 Å². The smallest absolute Gasteiger partial charge is 0.326 e. The number of carbonyl (C=O) groups is 2. The lowest BCUT2D eigenvalue weighted by Crippen LogP contribution is -2.42. The van der Waals surface area contributed by atoms with Crippen LogP contribution < -0.4 is 5.32 Å². The molecule has 3 rings (SSSR count). The predicted octanol–water partition coefficient (Wildman–Crippen LogP) is 2.92. The van der Waals surface area contributed by atoms with Crippen molar-refractivity contribution in [2.24, 2.45) is 0 Å². The molecule has 0 aliphatic carbocycles. The van der Waals surface area contributed by atoms with Gasteiger partial charge in [0.1, 0.15) is 6.04 Å². The molecule has 1 fully saturated rings. The number of rotatable bonds is 2. The standard InChI is InChI=1S/C16H16N2O3/c19-15(20)14-6-3-9-18(14)16(21)17-13-8-7-11-4-1-2-5-12(11)10-13/h1-2,4-5,7-8,10,14H,3,6,9H2,(H,17,21)(H,19,20)/t14-/m0/s1. The van der Waals surface area contributed by atoms with Gasteiger partial charge in [-0.1, -0.05) is 30.3 Å². The molecule has 1 aliphatic rings. The SMILES string of the molecule is O=C(O)[C@@H]1CCCN1C(=O)Nc1ccc2ccccc2c1. The molecule has 0 unspecified atom stereocenters. The van der Waals surface area contributed by atoms with Crippen LogP contribution in [0.25, 0.3) is 10.8 Å². The number of aliphatic carboxylic acids is 1. The van der Waals surface area contributed by atoms with Crippen molar-refractivity contribution < 1.29 is 14.7 Å². The first-order valence-electron chi connectivity index (χ1n) is 6.94. The zero-order chi connectivity index (χ0) is 14.8. The van der Waals surface area contributed by atoms with Crippen LogP contribution in [0.5, 0.6) is 0 Å². The molecule has 0 aromatic heterocycles. The Morgan fingerprint density at radius 1 is 1.14 bits per heavy atom. The lowest BCUT2D eigenvalue weighted by Gasteiger charge is -2.21. The summed E-state index contributed by atoms with van der Waals surface area (Å²) in [7, 11) is 0. The fourth-order valence-corrected chi connectivity index (χ4v) is 2.73. The van der Waals surface area contributed by atoms with Gasteiger partial charge in [-0.05, 0) is 35.7 Å².